The SMILES string of the molecule is CCCNCC(C)S(=O)(=O)Nc1ccccc1SC(F)F. The molecule has 0 bridgehead atoms. The summed E-state index contributed by atoms with van der Waals surface area (Å²) in [7, 11) is -3.62. The molecule has 120 valence electrons. The summed E-state index contributed by atoms with van der Waals surface area (Å²) >= 11 is 0.323. The van der Waals surface area contributed by atoms with Crippen molar-refractivity contribution in [3.63, 3.8) is 0 Å². The maximum Gasteiger partial charge on any atom is 0.288 e. The topological polar surface area (TPSA) is 58.2 Å². The van der Waals surface area contributed by atoms with E-state index in [2.05, 4.69) is 10.0 Å². The number of hydrogen-bond donors (Lipinski definition) is 2. The Kier molecular flexibility index (Phi) is 7.41. The van der Waals surface area contributed by atoms with E-state index in [1.54, 1.807) is 19.1 Å². The Morgan fingerprint density at radius 3 is 2.57 bits per heavy atom. The molecule has 0 saturated carbocycles. The number of rotatable bonds is 9. The fourth-order valence-electron chi connectivity index (χ4n) is 1.60. The van der Waals surface area contributed by atoms with Gasteiger partial charge in [0.05, 0.1) is 10.9 Å². The van der Waals surface area contributed by atoms with Crippen molar-refractivity contribution in [2.75, 3.05) is 17.8 Å². The van der Waals surface area contributed by atoms with Gasteiger partial charge in [-0.05, 0) is 32.0 Å². The Morgan fingerprint density at radius 2 is 1.95 bits per heavy atom. The molecule has 2 N–H and O–H groups in total. The van der Waals surface area contributed by atoms with Crippen LogP contribution in [0.5, 0.6) is 0 Å². The minimum Gasteiger partial charge on any atom is -0.315 e. The molecule has 0 aliphatic heterocycles. The van der Waals surface area contributed by atoms with E-state index >= 15 is 0 Å². The number of para-hydroxylation sites is 1. The highest BCUT2D eigenvalue weighted by atomic mass is 32.2. The van der Waals surface area contributed by atoms with Gasteiger partial charge in [-0.2, -0.15) is 8.78 Å². The smallest absolute Gasteiger partial charge is 0.288 e. The van der Waals surface area contributed by atoms with Crippen molar-refractivity contribution < 1.29 is 17.2 Å². The molecule has 0 amide bonds. The van der Waals surface area contributed by atoms with Crippen LogP contribution in [0.1, 0.15) is 20.3 Å². The summed E-state index contributed by atoms with van der Waals surface area (Å²) in [6.07, 6.45) is 0.911. The maximum absolute atomic E-state index is 12.5. The highest BCUT2D eigenvalue weighted by Crippen LogP contribution is 2.32. The largest absolute Gasteiger partial charge is 0.315 e. The standard InChI is InChI=1S/C13H20F2N2O2S2/c1-3-8-16-9-10(2)21(18,19)17-11-6-4-5-7-12(11)20-13(14)15/h4-7,10,13,16-17H,3,8-9H2,1-2H3. The summed E-state index contributed by atoms with van der Waals surface area (Å²) < 4.78 is 51.7. The lowest BCUT2D eigenvalue weighted by Gasteiger charge is -2.17. The fourth-order valence-corrected chi connectivity index (χ4v) is 3.28. The molecule has 1 atom stereocenters. The van der Waals surface area contributed by atoms with Crippen molar-refractivity contribution in [2.24, 2.45) is 0 Å². The molecule has 0 radical (unpaired) electrons. The molecule has 1 unspecified atom stereocenters. The van der Waals surface area contributed by atoms with E-state index in [0.29, 0.717) is 18.3 Å². The van der Waals surface area contributed by atoms with Gasteiger partial charge in [0.2, 0.25) is 10.0 Å². The summed E-state index contributed by atoms with van der Waals surface area (Å²) in [6.45, 7) is 4.61. The summed E-state index contributed by atoms with van der Waals surface area (Å²) in [5.74, 6) is -2.60. The number of alkyl halides is 2. The van der Waals surface area contributed by atoms with Crippen molar-refractivity contribution in [3.8, 4) is 0 Å². The molecule has 1 aromatic rings. The molecular weight excluding hydrogens is 318 g/mol. The third kappa shape index (κ3) is 6.19. The number of sulfonamides is 1. The highest BCUT2D eigenvalue weighted by Gasteiger charge is 2.22. The second-order valence-corrected chi connectivity index (χ2v) is 7.67. The average Bonchev–Trinajstić information content (AvgIpc) is 2.40. The van der Waals surface area contributed by atoms with Gasteiger partial charge >= 0.3 is 0 Å². The number of hydrogen-bond acceptors (Lipinski definition) is 4. The maximum atomic E-state index is 12.5. The first-order valence-corrected chi connectivity index (χ1v) is 9.05. The van der Waals surface area contributed by atoms with Crippen molar-refractivity contribution in [1.29, 1.82) is 0 Å². The van der Waals surface area contributed by atoms with Crippen molar-refractivity contribution >= 4 is 27.5 Å². The van der Waals surface area contributed by atoms with Crippen LogP contribution in [0.15, 0.2) is 29.2 Å². The zero-order valence-electron chi connectivity index (χ0n) is 12.0. The lowest BCUT2D eigenvalue weighted by molar-refractivity contribution is 0.252. The molecule has 21 heavy (non-hydrogen) atoms. The molecule has 0 aliphatic rings. The highest BCUT2D eigenvalue weighted by molar-refractivity contribution is 8.00. The van der Waals surface area contributed by atoms with Crippen LogP contribution in [0.2, 0.25) is 0 Å². The van der Waals surface area contributed by atoms with Gasteiger partial charge < -0.3 is 5.32 Å². The van der Waals surface area contributed by atoms with E-state index in [0.717, 1.165) is 13.0 Å². The molecule has 1 aromatic carbocycles. The Morgan fingerprint density at radius 1 is 1.29 bits per heavy atom. The van der Waals surface area contributed by atoms with E-state index in [9.17, 15) is 17.2 Å². The van der Waals surface area contributed by atoms with Crippen LogP contribution in [-0.4, -0.2) is 32.5 Å². The van der Waals surface area contributed by atoms with Crippen molar-refractivity contribution in [1.82, 2.24) is 5.32 Å². The summed E-state index contributed by atoms with van der Waals surface area (Å²) in [4.78, 5) is 0.213. The van der Waals surface area contributed by atoms with Crippen molar-refractivity contribution in [3.05, 3.63) is 24.3 Å². The van der Waals surface area contributed by atoms with Gasteiger partial charge in [0, 0.05) is 11.4 Å². The minimum atomic E-state index is -3.62. The van der Waals surface area contributed by atoms with Crippen LogP contribution in [0.3, 0.4) is 0 Å². The molecule has 0 aromatic heterocycles. The van der Waals surface area contributed by atoms with Crippen LogP contribution in [0, 0.1) is 0 Å². The number of anilines is 1. The Balaban J connectivity index is 2.79. The van der Waals surface area contributed by atoms with Gasteiger partial charge in [-0.25, -0.2) is 8.42 Å². The van der Waals surface area contributed by atoms with Crippen LogP contribution in [-0.2, 0) is 10.0 Å². The fraction of sp³-hybridized carbons (Fsp3) is 0.538. The minimum absolute atomic E-state index is 0.185. The molecule has 4 nitrogen and oxygen atoms in total. The van der Waals surface area contributed by atoms with Gasteiger partial charge in [0.25, 0.3) is 5.76 Å². The van der Waals surface area contributed by atoms with Gasteiger partial charge in [0.1, 0.15) is 0 Å². The van der Waals surface area contributed by atoms with Gasteiger partial charge in [0.15, 0.2) is 0 Å². The van der Waals surface area contributed by atoms with Crippen LogP contribution < -0.4 is 10.0 Å². The van der Waals surface area contributed by atoms with Gasteiger partial charge in [-0.1, -0.05) is 30.8 Å². The lowest BCUT2D eigenvalue weighted by atomic mass is 10.3. The normalized spacial score (nSPS) is 13.4. The quantitative estimate of drug-likeness (QED) is 0.536. The number of thioether (sulfide) groups is 1. The first-order chi connectivity index (χ1) is 9.86. The second-order valence-electron chi connectivity index (χ2n) is 4.54. The van der Waals surface area contributed by atoms with E-state index in [-0.39, 0.29) is 10.6 Å². The van der Waals surface area contributed by atoms with Gasteiger partial charge in [-0.15, -0.1) is 0 Å². The van der Waals surface area contributed by atoms with Gasteiger partial charge in [-0.3, -0.25) is 4.72 Å². The Labute approximate surface area is 128 Å². The Hall–Kier alpha value is -0.860. The molecular formula is C13H20F2N2O2S2. The summed E-state index contributed by atoms with van der Waals surface area (Å²) in [5.41, 5.74) is 0.185. The molecule has 0 saturated heterocycles. The number of nitrogens with one attached hydrogen (secondary N) is 2. The number of benzene rings is 1. The first-order valence-electron chi connectivity index (χ1n) is 6.63. The molecule has 0 aliphatic carbocycles. The average molecular weight is 338 g/mol. The van der Waals surface area contributed by atoms with E-state index in [4.69, 9.17) is 0 Å². The van der Waals surface area contributed by atoms with E-state index < -0.39 is 21.0 Å². The third-order valence-electron chi connectivity index (χ3n) is 2.74. The molecule has 0 spiro atoms. The zero-order valence-corrected chi connectivity index (χ0v) is 13.6. The van der Waals surface area contributed by atoms with E-state index in [1.165, 1.54) is 12.1 Å². The predicted molar refractivity (Wildman–Crippen MR) is 83.5 cm³/mol. The zero-order chi connectivity index (χ0) is 15.9. The third-order valence-corrected chi connectivity index (χ3v) is 5.26. The van der Waals surface area contributed by atoms with E-state index in [1.807, 2.05) is 6.92 Å². The number of halogens is 2. The summed E-state index contributed by atoms with van der Waals surface area (Å²) in [5, 5.41) is 2.37. The second kappa shape index (κ2) is 8.55. The van der Waals surface area contributed by atoms with Crippen LogP contribution in [0.4, 0.5) is 14.5 Å². The molecule has 1 rings (SSSR count). The molecule has 8 heteroatoms. The summed E-state index contributed by atoms with van der Waals surface area (Å²) in [6, 6.07) is 6.14. The predicted octanol–water partition coefficient (Wildman–Crippen LogP) is 3.13. The monoisotopic (exact) mass is 338 g/mol. The Bertz CT molecular complexity index is 539. The first kappa shape index (κ1) is 18.2. The van der Waals surface area contributed by atoms with Crippen LogP contribution in [0.25, 0.3) is 0 Å². The van der Waals surface area contributed by atoms with Crippen molar-refractivity contribution in [2.45, 2.75) is 36.2 Å². The molecule has 0 heterocycles. The molecule has 0 fully saturated rings. The van der Waals surface area contributed by atoms with Crippen LogP contribution >= 0.6 is 11.8 Å². The lowest BCUT2D eigenvalue weighted by Crippen LogP contribution is -2.35.